The van der Waals surface area contributed by atoms with Crippen LogP contribution in [0.1, 0.15) is 43.6 Å². The summed E-state index contributed by atoms with van der Waals surface area (Å²) in [5.41, 5.74) is 3.28. The molecule has 1 heterocycles. The van der Waals surface area contributed by atoms with Gasteiger partial charge in [0.15, 0.2) is 0 Å². The van der Waals surface area contributed by atoms with Gasteiger partial charge in [0.2, 0.25) is 10.0 Å². The lowest BCUT2D eigenvalue weighted by Crippen LogP contribution is -2.24. The number of benzene rings is 2. The predicted octanol–water partition coefficient (Wildman–Crippen LogP) is 5.59. The molecule has 1 aromatic heterocycles. The Hall–Kier alpha value is -2.74. The maximum atomic E-state index is 12.4. The fraction of sp³-hybridized carbons (Fsp3) is 0.308. The highest BCUT2D eigenvalue weighted by Gasteiger charge is 2.16. The van der Waals surface area contributed by atoms with Crippen molar-refractivity contribution < 1.29 is 17.9 Å². The molecule has 3 aromatic rings. The molecule has 0 fully saturated rings. The second kappa shape index (κ2) is 12.6. The number of hydrogen-bond acceptors (Lipinski definition) is 5. The van der Waals surface area contributed by atoms with Gasteiger partial charge >= 0.3 is 5.97 Å². The van der Waals surface area contributed by atoms with E-state index >= 15 is 0 Å². The van der Waals surface area contributed by atoms with Crippen LogP contribution in [-0.4, -0.2) is 33.0 Å². The van der Waals surface area contributed by atoms with E-state index in [-0.39, 0.29) is 16.8 Å². The molecule has 0 saturated heterocycles. The van der Waals surface area contributed by atoms with Crippen LogP contribution in [0.3, 0.4) is 0 Å². The number of aromatic nitrogens is 1. The van der Waals surface area contributed by atoms with Crippen LogP contribution in [0.2, 0.25) is 5.02 Å². The Balaban J connectivity index is 1.57. The van der Waals surface area contributed by atoms with E-state index in [0.717, 1.165) is 29.5 Å². The molecule has 0 aliphatic heterocycles. The zero-order chi connectivity index (χ0) is 24.4. The number of nitrogens with one attached hydrogen (secondary N) is 1. The average Bonchev–Trinajstić information content (AvgIpc) is 2.86. The molecule has 0 bridgehead atoms. The summed E-state index contributed by atoms with van der Waals surface area (Å²) in [7, 11) is -2.17. The van der Waals surface area contributed by atoms with E-state index in [9.17, 15) is 13.2 Å². The summed E-state index contributed by atoms with van der Waals surface area (Å²) in [5.74, 6) is -0.0531. The summed E-state index contributed by atoms with van der Waals surface area (Å²) < 4.78 is 32.3. The minimum atomic E-state index is -3.56. The van der Waals surface area contributed by atoms with Gasteiger partial charge in [0.05, 0.1) is 12.0 Å². The number of pyridine rings is 1. The van der Waals surface area contributed by atoms with E-state index in [1.54, 1.807) is 18.3 Å². The number of hydrogen-bond donors (Lipinski definition) is 1. The van der Waals surface area contributed by atoms with Crippen LogP contribution in [0.5, 0.6) is 0 Å². The summed E-state index contributed by atoms with van der Waals surface area (Å²) in [6, 6.07) is 18.3. The first kappa shape index (κ1) is 25.9. The Kier molecular flexibility index (Phi) is 9.62. The molecule has 2 aromatic carbocycles. The molecule has 0 saturated carbocycles. The summed E-state index contributed by atoms with van der Waals surface area (Å²) in [4.78, 5) is 16.1. The molecular weight excluding hydrogens is 472 g/mol. The lowest BCUT2D eigenvalue weighted by Gasteiger charge is -2.18. The number of sulfonamides is 1. The molecule has 0 radical (unpaired) electrons. The molecule has 180 valence electrons. The Morgan fingerprint density at radius 3 is 2.38 bits per heavy atom. The van der Waals surface area contributed by atoms with Crippen LogP contribution >= 0.6 is 11.6 Å². The quantitative estimate of drug-likeness (QED) is 0.259. The molecule has 8 heteroatoms. The van der Waals surface area contributed by atoms with Gasteiger partial charge < -0.3 is 4.74 Å². The van der Waals surface area contributed by atoms with Crippen molar-refractivity contribution in [2.45, 2.75) is 42.9 Å². The fourth-order valence-electron chi connectivity index (χ4n) is 3.77. The first-order valence-electron chi connectivity index (χ1n) is 11.2. The molecule has 34 heavy (non-hydrogen) atoms. The van der Waals surface area contributed by atoms with Gasteiger partial charge in [-0.1, -0.05) is 48.4 Å². The third-order valence-corrected chi connectivity index (χ3v) is 7.43. The van der Waals surface area contributed by atoms with Crippen molar-refractivity contribution in [3.05, 3.63) is 83.6 Å². The largest absolute Gasteiger partial charge is 0.469 e. The van der Waals surface area contributed by atoms with E-state index in [0.29, 0.717) is 30.8 Å². The molecule has 0 aliphatic rings. The molecule has 1 N–H and O–H groups in total. The number of carbonyl (C=O) groups excluding carboxylic acids is 1. The van der Waals surface area contributed by atoms with E-state index in [4.69, 9.17) is 16.3 Å². The first-order valence-corrected chi connectivity index (χ1v) is 13.1. The topological polar surface area (TPSA) is 85.4 Å². The van der Waals surface area contributed by atoms with Crippen molar-refractivity contribution in [2.24, 2.45) is 0 Å². The van der Waals surface area contributed by atoms with E-state index in [2.05, 4.69) is 34.0 Å². The minimum absolute atomic E-state index is 0.176. The average molecular weight is 501 g/mol. The smallest absolute Gasteiger partial charge is 0.305 e. The molecule has 0 amide bonds. The van der Waals surface area contributed by atoms with Gasteiger partial charge in [-0.25, -0.2) is 13.1 Å². The lowest BCUT2D eigenvalue weighted by atomic mass is 9.88. The highest BCUT2D eigenvalue weighted by atomic mass is 35.5. The van der Waals surface area contributed by atoms with Gasteiger partial charge in [-0.2, -0.15) is 0 Å². The van der Waals surface area contributed by atoms with Gasteiger partial charge in [0, 0.05) is 30.4 Å². The maximum Gasteiger partial charge on any atom is 0.305 e. The monoisotopic (exact) mass is 500 g/mol. The number of halogens is 1. The van der Waals surface area contributed by atoms with Crippen LogP contribution in [0, 0.1) is 0 Å². The third-order valence-electron chi connectivity index (χ3n) is 5.70. The van der Waals surface area contributed by atoms with Crippen LogP contribution in [0.4, 0.5) is 0 Å². The number of rotatable bonds is 12. The highest BCUT2D eigenvalue weighted by Crippen LogP contribution is 2.29. The van der Waals surface area contributed by atoms with Crippen molar-refractivity contribution in [2.75, 3.05) is 13.7 Å². The number of ether oxygens (including phenoxy) is 1. The normalized spacial score (nSPS) is 12.3. The van der Waals surface area contributed by atoms with Crippen molar-refractivity contribution in [3.8, 4) is 11.1 Å². The number of methoxy groups -OCH3 is 1. The van der Waals surface area contributed by atoms with Gasteiger partial charge in [0.25, 0.3) is 0 Å². The lowest BCUT2D eigenvalue weighted by molar-refractivity contribution is -0.140. The number of unbranched alkanes of at least 4 members (excludes halogenated alkanes) is 1. The van der Waals surface area contributed by atoms with Gasteiger partial charge in [0.1, 0.15) is 0 Å². The maximum absolute atomic E-state index is 12.4. The Labute approximate surface area is 206 Å². The van der Waals surface area contributed by atoms with Crippen LogP contribution in [0.15, 0.2) is 78.0 Å². The Morgan fingerprint density at radius 1 is 1.00 bits per heavy atom. The van der Waals surface area contributed by atoms with E-state index < -0.39 is 10.0 Å². The van der Waals surface area contributed by atoms with Gasteiger partial charge in [-0.15, -0.1) is 0 Å². The van der Waals surface area contributed by atoms with Gasteiger partial charge in [-0.05, 0) is 72.2 Å². The summed E-state index contributed by atoms with van der Waals surface area (Å²) in [6.45, 7) is 0.342. The Bertz CT molecular complexity index is 1150. The SMILES string of the molecule is COC(=O)CCC(CCCCNS(=O)(=O)c1ccc(Cl)cc1)c1ccc(-c2cccnc2)cc1. The van der Waals surface area contributed by atoms with Crippen LogP contribution in [0.25, 0.3) is 11.1 Å². The van der Waals surface area contributed by atoms with Crippen molar-refractivity contribution in [3.63, 3.8) is 0 Å². The summed E-state index contributed by atoms with van der Waals surface area (Å²) in [5, 5.41) is 0.491. The molecule has 1 unspecified atom stereocenters. The van der Waals surface area contributed by atoms with Crippen molar-refractivity contribution in [1.29, 1.82) is 0 Å². The van der Waals surface area contributed by atoms with E-state index in [1.165, 1.54) is 19.2 Å². The first-order chi connectivity index (χ1) is 16.4. The highest BCUT2D eigenvalue weighted by molar-refractivity contribution is 7.89. The Morgan fingerprint density at radius 2 is 1.74 bits per heavy atom. The standard InChI is InChI=1S/C26H29ClN2O4S/c1-33-26(30)16-11-20(21-7-9-22(10-8-21)23-6-4-17-28-19-23)5-2-3-18-29-34(31,32)25-14-12-24(27)13-15-25/h4,6-10,12-15,17,19-20,29H,2-3,5,11,16,18H2,1H3. The molecule has 3 rings (SSSR count). The molecule has 1 atom stereocenters. The zero-order valence-corrected chi connectivity index (χ0v) is 20.7. The minimum Gasteiger partial charge on any atom is -0.469 e. The van der Waals surface area contributed by atoms with Crippen LogP contribution < -0.4 is 4.72 Å². The second-order valence-corrected chi connectivity index (χ2v) is 10.2. The van der Waals surface area contributed by atoms with Gasteiger partial charge in [-0.3, -0.25) is 9.78 Å². The fourth-order valence-corrected chi connectivity index (χ4v) is 4.97. The predicted molar refractivity (Wildman–Crippen MR) is 134 cm³/mol. The number of carbonyl (C=O) groups is 1. The molecule has 0 spiro atoms. The second-order valence-electron chi connectivity index (χ2n) is 8.02. The van der Waals surface area contributed by atoms with Crippen molar-refractivity contribution >= 4 is 27.6 Å². The van der Waals surface area contributed by atoms with Crippen molar-refractivity contribution in [1.82, 2.24) is 9.71 Å². The number of esters is 1. The summed E-state index contributed by atoms with van der Waals surface area (Å²) in [6.07, 6.45) is 6.94. The molecular formula is C26H29ClN2O4S. The third kappa shape index (κ3) is 7.65. The molecule has 0 aliphatic carbocycles. The molecule has 6 nitrogen and oxygen atoms in total. The van der Waals surface area contributed by atoms with Crippen LogP contribution in [-0.2, 0) is 19.6 Å². The number of nitrogens with zero attached hydrogens (tertiary/aromatic N) is 1. The van der Waals surface area contributed by atoms with E-state index in [1.807, 2.05) is 18.3 Å². The summed E-state index contributed by atoms with van der Waals surface area (Å²) >= 11 is 5.83. The zero-order valence-electron chi connectivity index (χ0n) is 19.1.